The molecule has 0 atom stereocenters. The molecule has 0 bridgehead atoms. The van der Waals surface area contributed by atoms with Crippen molar-refractivity contribution in [3.8, 4) is 61.8 Å². The molecule has 0 aliphatic heterocycles. The fourth-order valence-corrected chi connectivity index (χ4v) is 5.32. The molecule has 6 heteroatoms. The lowest BCUT2D eigenvalue weighted by molar-refractivity contribution is 0.415. The fourth-order valence-electron chi connectivity index (χ4n) is 4.39. The molecule has 6 rings (SSSR count). The zero-order chi connectivity index (χ0) is 22.0. The Morgan fingerprint density at radius 3 is 1.97 bits per heavy atom. The monoisotopic (exact) mass is 532 g/mol. The largest absolute Gasteiger partial charge is 0.497 e. The minimum absolute atomic E-state index is 0.0823. The van der Waals surface area contributed by atoms with Crippen molar-refractivity contribution in [3.05, 3.63) is 80.7 Å². The third-order valence-corrected chi connectivity index (χ3v) is 6.98. The van der Waals surface area contributed by atoms with Crippen LogP contribution >= 0.6 is 22.6 Å². The second-order valence-corrected chi connectivity index (χ2v) is 8.69. The van der Waals surface area contributed by atoms with Gasteiger partial charge in [0.15, 0.2) is 5.43 Å². The number of hydrogen-bond donors (Lipinski definition) is 0. The summed E-state index contributed by atoms with van der Waals surface area (Å²) >= 11 is 2.34. The predicted molar refractivity (Wildman–Crippen MR) is 133 cm³/mol. The van der Waals surface area contributed by atoms with Gasteiger partial charge in [-0.15, -0.1) is 0 Å². The number of halogens is 1. The van der Waals surface area contributed by atoms with Crippen LogP contribution in [0.1, 0.15) is 0 Å². The SMILES string of the molecule is COc1ccc2c(c1)-c1nn(-c3ccccc3)c(I)c1-c1cc(OC)ccc1-c1c-2c1=O. The van der Waals surface area contributed by atoms with Gasteiger partial charge in [-0.1, -0.05) is 18.2 Å². The quantitative estimate of drug-likeness (QED) is 0.274. The number of para-hydroxylation sites is 1. The smallest absolute Gasteiger partial charge is 0.195 e. The molecule has 32 heavy (non-hydrogen) atoms. The molecule has 5 aromatic rings. The van der Waals surface area contributed by atoms with Crippen LogP contribution < -0.4 is 14.9 Å². The lowest BCUT2D eigenvalue weighted by Crippen LogP contribution is -1.98. The first-order chi connectivity index (χ1) is 15.6. The van der Waals surface area contributed by atoms with Crippen molar-refractivity contribution in [1.82, 2.24) is 9.78 Å². The van der Waals surface area contributed by atoms with Gasteiger partial charge >= 0.3 is 0 Å². The van der Waals surface area contributed by atoms with E-state index in [-0.39, 0.29) is 5.43 Å². The number of hydrogen-bond acceptors (Lipinski definition) is 4. The maximum atomic E-state index is 12.9. The number of aromatic nitrogens is 2. The average molecular weight is 532 g/mol. The van der Waals surface area contributed by atoms with E-state index in [2.05, 4.69) is 22.6 Å². The lowest BCUT2D eigenvalue weighted by atomic mass is 9.90. The first kappa shape index (κ1) is 19.3. The van der Waals surface area contributed by atoms with Gasteiger partial charge in [-0.05, 0) is 87.8 Å². The van der Waals surface area contributed by atoms with Crippen LogP contribution in [0.4, 0.5) is 0 Å². The first-order valence-corrected chi connectivity index (χ1v) is 11.2. The number of methoxy groups -OCH3 is 2. The molecule has 0 amide bonds. The molecule has 0 unspecified atom stereocenters. The molecule has 1 aliphatic carbocycles. The topological polar surface area (TPSA) is 53.4 Å². The van der Waals surface area contributed by atoms with Crippen LogP contribution in [0.2, 0.25) is 0 Å². The average Bonchev–Trinajstić information content (AvgIpc) is 3.36. The van der Waals surface area contributed by atoms with E-state index in [0.717, 1.165) is 65.5 Å². The van der Waals surface area contributed by atoms with Crippen molar-refractivity contribution in [2.75, 3.05) is 14.2 Å². The van der Waals surface area contributed by atoms with Gasteiger partial charge in [-0.25, -0.2) is 4.68 Å². The predicted octanol–water partition coefficient (Wildman–Crippen LogP) is 5.71. The third kappa shape index (κ3) is 2.69. The summed E-state index contributed by atoms with van der Waals surface area (Å²) < 4.78 is 14.0. The third-order valence-electron chi connectivity index (χ3n) is 5.99. The van der Waals surface area contributed by atoms with Crippen molar-refractivity contribution in [2.45, 2.75) is 0 Å². The molecular weight excluding hydrogens is 515 g/mol. The lowest BCUT2D eigenvalue weighted by Gasteiger charge is -2.15. The van der Waals surface area contributed by atoms with Crippen molar-refractivity contribution in [2.24, 2.45) is 0 Å². The number of nitrogens with zero attached hydrogens (tertiary/aromatic N) is 2. The number of rotatable bonds is 3. The molecular formula is C26H17IN2O3. The Balaban J connectivity index is 1.75. The van der Waals surface area contributed by atoms with Gasteiger partial charge < -0.3 is 9.47 Å². The Bertz CT molecular complexity index is 1530. The highest BCUT2D eigenvalue weighted by atomic mass is 127. The van der Waals surface area contributed by atoms with Crippen LogP contribution in [-0.2, 0) is 0 Å². The summed E-state index contributed by atoms with van der Waals surface area (Å²) in [4.78, 5) is 12.9. The van der Waals surface area contributed by atoms with Gasteiger partial charge in [0.05, 0.1) is 19.9 Å². The Morgan fingerprint density at radius 2 is 1.34 bits per heavy atom. The van der Waals surface area contributed by atoms with Gasteiger partial charge in [-0.3, -0.25) is 4.79 Å². The summed E-state index contributed by atoms with van der Waals surface area (Å²) in [5.74, 6) is 1.46. The van der Waals surface area contributed by atoms with E-state index in [1.807, 2.05) is 71.4 Å². The van der Waals surface area contributed by atoms with Crippen LogP contribution in [0.3, 0.4) is 0 Å². The highest BCUT2D eigenvalue weighted by Gasteiger charge is 2.35. The molecule has 0 N–H and O–H groups in total. The number of ether oxygens (including phenoxy) is 2. The number of benzene rings is 3. The van der Waals surface area contributed by atoms with Gasteiger partial charge in [0.2, 0.25) is 0 Å². The minimum Gasteiger partial charge on any atom is -0.497 e. The molecule has 0 saturated carbocycles. The molecule has 1 heterocycles. The maximum Gasteiger partial charge on any atom is 0.195 e. The Morgan fingerprint density at radius 1 is 0.750 bits per heavy atom. The van der Waals surface area contributed by atoms with Gasteiger partial charge in [-0.2, -0.15) is 5.10 Å². The fraction of sp³-hybridized carbons (Fsp3) is 0.0769. The Hall–Kier alpha value is -3.39. The highest BCUT2D eigenvalue weighted by Crippen LogP contribution is 2.51. The van der Waals surface area contributed by atoms with E-state index < -0.39 is 0 Å². The van der Waals surface area contributed by atoms with Gasteiger partial charge in [0.25, 0.3) is 0 Å². The van der Waals surface area contributed by atoms with E-state index >= 15 is 0 Å². The molecule has 156 valence electrons. The maximum absolute atomic E-state index is 12.9. The van der Waals surface area contributed by atoms with Crippen LogP contribution in [0, 0.1) is 3.70 Å². The molecule has 0 radical (unpaired) electrons. The zero-order valence-electron chi connectivity index (χ0n) is 17.3. The highest BCUT2D eigenvalue weighted by molar-refractivity contribution is 14.1. The van der Waals surface area contributed by atoms with Crippen molar-refractivity contribution < 1.29 is 9.47 Å². The van der Waals surface area contributed by atoms with E-state index in [0.29, 0.717) is 0 Å². The summed E-state index contributed by atoms with van der Waals surface area (Å²) in [6, 6.07) is 21.7. The molecule has 0 spiro atoms. The standard InChI is InChI=1S/C26H17IN2O3/c1-31-15-8-10-17-19(12-15)23-24(28-29(26(23)27)14-6-4-3-5-7-14)20-13-16(32-2)9-11-18(20)22-21(17)25(22)30/h3-13H,1-2H3. The van der Waals surface area contributed by atoms with Crippen LogP contribution in [0.25, 0.3) is 50.3 Å². The molecule has 0 fully saturated rings. The van der Waals surface area contributed by atoms with Crippen LogP contribution in [0.5, 0.6) is 11.5 Å². The van der Waals surface area contributed by atoms with E-state index in [4.69, 9.17) is 14.6 Å². The van der Waals surface area contributed by atoms with Crippen LogP contribution in [0.15, 0.2) is 71.5 Å². The second-order valence-electron chi connectivity index (χ2n) is 7.66. The van der Waals surface area contributed by atoms with Crippen molar-refractivity contribution in [1.29, 1.82) is 0 Å². The normalized spacial score (nSPS) is 11.7. The molecule has 5 nitrogen and oxygen atoms in total. The van der Waals surface area contributed by atoms with Crippen LogP contribution in [-0.4, -0.2) is 24.0 Å². The first-order valence-electron chi connectivity index (χ1n) is 10.1. The van der Waals surface area contributed by atoms with E-state index in [1.165, 1.54) is 0 Å². The molecule has 1 aromatic heterocycles. The summed E-state index contributed by atoms with van der Waals surface area (Å²) in [6.07, 6.45) is 0. The summed E-state index contributed by atoms with van der Waals surface area (Å²) in [5, 5.41) is 5.05. The zero-order valence-corrected chi connectivity index (χ0v) is 19.5. The molecule has 4 aromatic carbocycles. The van der Waals surface area contributed by atoms with E-state index in [1.54, 1.807) is 14.2 Å². The summed E-state index contributed by atoms with van der Waals surface area (Å²) in [5.41, 5.74) is 8.00. The molecule has 0 saturated heterocycles. The number of fused-ring (bicyclic) bond motifs is 8. The Labute approximate surface area is 198 Å². The second kappa shape index (κ2) is 7.06. The summed E-state index contributed by atoms with van der Waals surface area (Å²) in [7, 11) is 3.29. The summed E-state index contributed by atoms with van der Waals surface area (Å²) in [6.45, 7) is 0. The van der Waals surface area contributed by atoms with E-state index in [9.17, 15) is 4.79 Å². The van der Waals surface area contributed by atoms with Gasteiger partial charge in [0.1, 0.15) is 20.9 Å². The Kier molecular flexibility index (Phi) is 4.26. The van der Waals surface area contributed by atoms with Gasteiger partial charge in [0, 0.05) is 22.3 Å². The minimum atomic E-state index is 0.0823. The molecule has 1 aliphatic rings. The van der Waals surface area contributed by atoms with Crippen molar-refractivity contribution >= 4 is 22.6 Å². The van der Waals surface area contributed by atoms with Crippen molar-refractivity contribution in [3.63, 3.8) is 0 Å².